The molecule has 11 aromatic rings. The molecule has 2 aromatic heterocycles. The molecule has 11 rings (SSSR count). The van der Waals surface area contributed by atoms with E-state index < -0.39 is 0 Å². The zero-order valence-electron chi connectivity index (χ0n) is 30.5. The van der Waals surface area contributed by atoms with Crippen molar-refractivity contribution in [2.75, 3.05) is 0 Å². The molecule has 0 unspecified atom stereocenters. The van der Waals surface area contributed by atoms with Crippen LogP contribution in [0.25, 0.3) is 109 Å². The second-order valence-electron chi connectivity index (χ2n) is 14.6. The first kappa shape index (κ1) is 30.9. The Kier molecular flexibility index (Phi) is 6.84. The third kappa shape index (κ3) is 4.40. The average Bonchev–Trinajstić information content (AvgIpc) is 3.73. The van der Waals surface area contributed by atoms with Crippen LogP contribution in [0, 0.1) is 0 Å². The van der Waals surface area contributed by atoms with Crippen LogP contribution in [-0.4, -0.2) is 9.13 Å². The Morgan fingerprint density at radius 3 is 1.30 bits per heavy atom. The zero-order valence-corrected chi connectivity index (χ0v) is 30.5. The van der Waals surface area contributed by atoms with Crippen LogP contribution >= 0.6 is 0 Å². The van der Waals surface area contributed by atoms with E-state index in [2.05, 4.69) is 193 Å². The molecule has 0 aliphatic heterocycles. The molecular formula is C52H38N2. The predicted molar refractivity (Wildman–Crippen MR) is 233 cm³/mol. The number of rotatable bonds is 5. The smallest absolute Gasteiger partial charge is 0.0491 e. The third-order valence-corrected chi connectivity index (χ3v) is 11.9. The van der Waals surface area contributed by atoms with Gasteiger partial charge in [0.15, 0.2) is 0 Å². The highest BCUT2D eigenvalue weighted by molar-refractivity contribution is 6.22. The fourth-order valence-corrected chi connectivity index (χ4v) is 9.53. The second kappa shape index (κ2) is 11.9. The van der Waals surface area contributed by atoms with Crippen molar-refractivity contribution in [1.29, 1.82) is 0 Å². The Bertz CT molecular complexity index is 3120. The van der Waals surface area contributed by atoms with E-state index in [9.17, 15) is 0 Å². The van der Waals surface area contributed by atoms with Crippen molar-refractivity contribution in [2.24, 2.45) is 0 Å². The number of nitrogens with zero attached hydrogens (tertiary/aromatic N) is 2. The van der Waals surface area contributed by atoms with E-state index in [4.69, 9.17) is 0 Å². The monoisotopic (exact) mass is 690 g/mol. The van der Waals surface area contributed by atoms with Crippen LogP contribution in [0.3, 0.4) is 0 Å². The molecule has 0 amide bonds. The highest BCUT2D eigenvalue weighted by Crippen LogP contribution is 2.46. The molecule has 54 heavy (non-hydrogen) atoms. The molecule has 0 aliphatic rings. The molecule has 0 N–H and O–H groups in total. The standard InChI is InChI=1S/C52H38N2/c1-3-53-48-24-9-7-17-39(48)46-30-34(26-28-50(46)53)37-19-12-22-42-44(37)32-45-38(35-27-29-51-47(31-35)40-18-8-10-25-49(40)54(51)4-2)20-13-23-43(45)52(42)41-21-11-15-33-14-5-6-16-36(33)41/h5-32H,3-4H2,1-2H3. The minimum absolute atomic E-state index is 0.936. The summed E-state index contributed by atoms with van der Waals surface area (Å²) in [5, 5.41) is 12.8. The number of para-hydroxylation sites is 2. The fourth-order valence-electron chi connectivity index (χ4n) is 9.53. The Morgan fingerprint density at radius 2 is 0.741 bits per heavy atom. The van der Waals surface area contributed by atoms with Crippen molar-refractivity contribution in [3.63, 3.8) is 0 Å². The number of aromatic nitrogens is 2. The molecule has 0 saturated carbocycles. The molecule has 256 valence electrons. The maximum Gasteiger partial charge on any atom is 0.0491 e. The Morgan fingerprint density at radius 1 is 0.315 bits per heavy atom. The van der Waals surface area contributed by atoms with Crippen molar-refractivity contribution in [1.82, 2.24) is 9.13 Å². The van der Waals surface area contributed by atoms with Gasteiger partial charge in [0.05, 0.1) is 0 Å². The van der Waals surface area contributed by atoms with E-state index in [1.54, 1.807) is 0 Å². The number of hydrogen-bond acceptors (Lipinski definition) is 0. The number of hydrogen-bond donors (Lipinski definition) is 0. The maximum absolute atomic E-state index is 2.48. The van der Waals surface area contributed by atoms with Gasteiger partial charge in [0.2, 0.25) is 0 Å². The van der Waals surface area contributed by atoms with Gasteiger partial charge < -0.3 is 9.13 Å². The van der Waals surface area contributed by atoms with Crippen molar-refractivity contribution in [2.45, 2.75) is 26.9 Å². The lowest BCUT2D eigenvalue weighted by Crippen LogP contribution is -1.93. The summed E-state index contributed by atoms with van der Waals surface area (Å²) in [5.41, 5.74) is 12.7. The largest absolute Gasteiger partial charge is 0.341 e. The number of aryl methyl sites for hydroxylation is 2. The van der Waals surface area contributed by atoms with E-state index in [1.807, 2.05) is 0 Å². The average molecular weight is 691 g/mol. The lowest BCUT2D eigenvalue weighted by atomic mass is 9.85. The lowest BCUT2D eigenvalue weighted by Gasteiger charge is -2.18. The van der Waals surface area contributed by atoms with Gasteiger partial charge in [-0.05, 0) is 122 Å². The molecule has 0 spiro atoms. The van der Waals surface area contributed by atoms with Gasteiger partial charge in [-0.1, -0.05) is 127 Å². The third-order valence-electron chi connectivity index (χ3n) is 11.9. The first-order valence-electron chi connectivity index (χ1n) is 19.2. The van der Waals surface area contributed by atoms with Crippen LogP contribution in [0.15, 0.2) is 170 Å². The minimum atomic E-state index is 0.936. The topological polar surface area (TPSA) is 9.86 Å². The fraction of sp³-hybridized carbons (Fsp3) is 0.0769. The highest BCUT2D eigenvalue weighted by Gasteiger charge is 2.19. The molecule has 0 bridgehead atoms. The van der Waals surface area contributed by atoms with Gasteiger partial charge in [0.1, 0.15) is 0 Å². The van der Waals surface area contributed by atoms with E-state index in [1.165, 1.54) is 109 Å². The lowest BCUT2D eigenvalue weighted by molar-refractivity contribution is 0.827. The van der Waals surface area contributed by atoms with Crippen LogP contribution in [0.2, 0.25) is 0 Å². The van der Waals surface area contributed by atoms with E-state index in [-0.39, 0.29) is 0 Å². The number of benzene rings is 9. The predicted octanol–water partition coefficient (Wildman–Crippen LogP) is 14.4. The van der Waals surface area contributed by atoms with Crippen LogP contribution in [0.1, 0.15) is 13.8 Å². The molecular weight excluding hydrogens is 653 g/mol. The molecule has 0 saturated heterocycles. The minimum Gasteiger partial charge on any atom is -0.341 e. The Labute approximate surface area is 314 Å². The van der Waals surface area contributed by atoms with Crippen molar-refractivity contribution >= 4 is 75.9 Å². The molecule has 0 aliphatic carbocycles. The van der Waals surface area contributed by atoms with Gasteiger partial charge in [-0.25, -0.2) is 0 Å². The van der Waals surface area contributed by atoms with E-state index in [0.717, 1.165) is 13.1 Å². The van der Waals surface area contributed by atoms with E-state index in [0.29, 0.717) is 0 Å². The summed E-state index contributed by atoms with van der Waals surface area (Å²) in [4.78, 5) is 0. The van der Waals surface area contributed by atoms with Crippen molar-refractivity contribution in [3.05, 3.63) is 170 Å². The first-order chi connectivity index (χ1) is 26.7. The first-order valence-corrected chi connectivity index (χ1v) is 19.2. The number of fused-ring (bicyclic) bond motifs is 9. The Balaban J connectivity index is 1.24. The molecule has 9 aromatic carbocycles. The summed E-state index contributed by atoms with van der Waals surface area (Å²) in [6, 6.07) is 63.6. The normalized spacial score (nSPS) is 12.0. The zero-order chi connectivity index (χ0) is 35.9. The Hall–Kier alpha value is -6.64. The molecule has 0 atom stereocenters. The molecule has 2 heteroatoms. The maximum atomic E-state index is 2.48. The summed E-state index contributed by atoms with van der Waals surface area (Å²) in [5.74, 6) is 0. The van der Waals surface area contributed by atoms with Crippen molar-refractivity contribution in [3.8, 4) is 33.4 Å². The summed E-state index contributed by atoms with van der Waals surface area (Å²) in [6.07, 6.45) is 0. The van der Waals surface area contributed by atoms with Crippen LogP contribution in [-0.2, 0) is 13.1 Å². The summed E-state index contributed by atoms with van der Waals surface area (Å²) >= 11 is 0. The van der Waals surface area contributed by atoms with Gasteiger partial charge in [-0.2, -0.15) is 0 Å². The van der Waals surface area contributed by atoms with Gasteiger partial charge >= 0.3 is 0 Å². The summed E-state index contributed by atoms with van der Waals surface area (Å²) < 4.78 is 4.87. The van der Waals surface area contributed by atoms with Crippen molar-refractivity contribution < 1.29 is 0 Å². The van der Waals surface area contributed by atoms with Gasteiger partial charge in [0, 0.05) is 56.7 Å². The molecule has 2 heterocycles. The highest BCUT2D eigenvalue weighted by atomic mass is 15.0. The summed E-state index contributed by atoms with van der Waals surface area (Å²) in [7, 11) is 0. The molecule has 0 radical (unpaired) electrons. The molecule has 2 nitrogen and oxygen atoms in total. The van der Waals surface area contributed by atoms with Crippen LogP contribution in [0.5, 0.6) is 0 Å². The van der Waals surface area contributed by atoms with Crippen LogP contribution in [0.4, 0.5) is 0 Å². The second-order valence-corrected chi connectivity index (χ2v) is 14.6. The van der Waals surface area contributed by atoms with E-state index >= 15 is 0 Å². The van der Waals surface area contributed by atoms with Gasteiger partial charge in [0.25, 0.3) is 0 Å². The molecule has 0 fully saturated rings. The van der Waals surface area contributed by atoms with Crippen LogP contribution < -0.4 is 0 Å². The van der Waals surface area contributed by atoms with Gasteiger partial charge in [-0.3, -0.25) is 0 Å². The SMILES string of the molecule is CCn1c2ccccc2c2cc(-c3cccc4c(-c5cccc6ccccc56)c5cccc(-c6ccc7c(c6)c6ccccc6n7CC)c5cc34)ccc21. The summed E-state index contributed by atoms with van der Waals surface area (Å²) in [6.45, 7) is 6.35. The quantitative estimate of drug-likeness (QED) is 0.159. The van der Waals surface area contributed by atoms with Gasteiger partial charge in [-0.15, -0.1) is 0 Å².